The third-order valence-corrected chi connectivity index (χ3v) is 3.00. The van der Waals surface area contributed by atoms with E-state index in [0.29, 0.717) is 18.7 Å². The monoisotopic (exact) mass is 239 g/mol. The van der Waals surface area contributed by atoms with Crippen molar-refractivity contribution in [3.8, 4) is 0 Å². The van der Waals surface area contributed by atoms with Crippen LogP contribution in [0.3, 0.4) is 0 Å². The molecule has 0 unspecified atom stereocenters. The Bertz CT molecular complexity index is 364. The summed E-state index contributed by atoms with van der Waals surface area (Å²) in [4.78, 5) is 0. The minimum absolute atomic E-state index is 0.192. The Hall–Kier alpha value is -0.970. The lowest BCUT2D eigenvalue weighted by Gasteiger charge is -2.22. The van der Waals surface area contributed by atoms with Crippen molar-refractivity contribution >= 4 is 0 Å². The minimum Gasteiger partial charge on any atom is -0.381 e. The standard InChI is InChI=1S/C13H18FNO2/c14-13-7-10(8-15)1-2-11(13)9-17-12-3-5-16-6-4-12/h1-2,7,12H,3-6,8-9,15H2. The molecule has 0 aromatic heterocycles. The maximum absolute atomic E-state index is 13.6. The molecular formula is C13H18FNO2. The summed E-state index contributed by atoms with van der Waals surface area (Å²) in [7, 11) is 0. The highest BCUT2D eigenvalue weighted by molar-refractivity contribution is 5.23. The number of hydrogen-bond donors (Lipinski definition) is 1. The van der Waals surface area contributed by atoms with Crippen LogP contribution >= 0.6 is 0 Å². The molecule has 0 bridgehead atoms. The number of rotatable bonds is 4. The molecular weight excluding hydrogens is 221 g/mol. The molecule has 2 N–H and O–H groups in total. The van der Waals surface area contributed by atoms with E-state index in [-0.39, 0.29) is 11.9 Å². The molecule has 1 saturated heterocycles. The van der Waals surface area contributed by atoms with Crippen LogP contribution in [0.2, 0.25) is 0 Å². The second-order valence-corrected chi connectivity index (χ2v) is 4.25. The lowest BCUT2D eigenvalue weighted by molar-refractivity contribution is -0.0397. The Morgan fingerprint density at radius 2 is 2.12 bits per heavy atom. The molecule has 1 aromatic carbocycles. The predicted octanol–water partition coefficient (Wildman–Crippen LogP) is 1.98. The molecule has 0 saturated carbocycles. The molecule has 1 heterocycles. The van der Waals surface area contributed by atoms with Gasteiger partial charge in [-0.15, -0.1) is 0 Å². The lowest BCUT2D eigenvalue weighted by atomic mass is 10.1. The third kappa shape index (κ3) is 3.49. The van der Waals surface area contributed by atoms with Crippen molar-refractivity contribution in [3.05, 3.63) is 35.1 Å². The molecule has 0 atom stereocenters. The molecule has 0 spiro atoms. The van der Waals surface area contributed by atoms with Gasteiger partial charge in [-0.2, -0.15) is 0 Å². The largest absolute Gasteiger partial charge is 0.381 e. The minimum atomic E-state index is -0.236. The van der Waals surface area contributed by atoms with E-state index in [1.165, 1.54) is 6.07 Å². The van der Waals surface area contributed by atoms with Crippen molar-refractivity contribution in [2.24, 2.45) is 5.73 Å². The van der Waals surface area contributed by atoms with Crippen LogP contribution in [0.1, 0.15) is 24.0 Å². The molecule has 0 radical (unpaired) electrons. The summed E-state index contributed by atoms with van der Waals surface area (Å²) < 4.78 is 24.5. The normalized spacial score (nSPS) is 17.3. The molecule has 0 aliphatic carbocycles. The molecule has 17 heavy (non-hydrogen) atoms. The SMILES string of the molecule is NCc1ccc(COC2CCOCC2)c(F)c1. The smallest absolute Gasteiger partial charge is 0.129 e. The molecule has 2 rings (SSSR count). The van der Waals surface area contributed by atoms with Gasteiger partial charge in [-0.05, 0) is 24.5 Å². The van der Waals surface area contributed by atoms with E-state index in [2.05, 4.69) is 0 Å². The van der Waals surface area contributed by atoms with E-state index in [1.54, 1.807) is 6.07 Å². The predicted molar refractivity (Wildman–Crippen MR) is 62.9 cm³/mol. The first kappa shape index (κ1) is 12.5. The van der Waals surface area contributed by atoms with Crippen molar-refractivity contribution in [1.82, 2.24) is 0 Å². The van der Waals surface area contributed by atoms with Crippen molar-refractivity contribution in [2.45, 2.75) is 32.1 Å². The maximum Gasteiger partial charge on any atom is 0.129 e. The Labute approximate surface area is 101 Å². The molecule has 4 heteroatoms. The van der Waals surface area contributed by atoms with Crippen molar-refractivity contribution in [3.63, 3.8) is 0 Å². The van der Waals surface area contributed by atoms with Gasteiger partial charge in [0, 0.05) is 25.3 Å². The Morgan fingerprint density at radius 1 is 1.35 bits per heavy atom. The highest BCUT2D eigenvalue weighted by atomic mass is 19.1. The topological polar surface area (TPSA) is 44.5 Å². The summed E-state index contributed by atoms with van der Waals surface area (Å²) in [6, 6.07) is 5.06. The van der Waals surface area contributed by atoms with Crippen LogP contribution in [-0.4, -0.2) is 19.3 Å². The van der Waals surface area contributed by atoms with Gasteiger partial charge in [0.1, 0.15) is 5.82 Å². The molecule has 3 nitrogen and oxygen atoms in total. The summed E-state index contributed by atoms with van der Waals surface area (Å²) in [6.45, 7) is 2.15. The lowest BCUT2D eigenvalue weighted by Crippen LogP contribution is -2.23. The van der Waals surface area contributed by atoms with Crippen LogP contribution in [0.4, 0.5) is 4.39 Å². The molecule has 1 fully saturated rings. The second-order valence-electron chi connectivity index (χ2n) is 4.25. The summed E-state index contributed by atoms with van der Waals surface area (Å²) in [5, 5.41) is 0. The summed E-state index contributed by atoms with van der Waals surface area (Å²) >= 11 is 0. The van der Waals surface area contributed by atoms with Gasteiger partial charge in [-0.25, -0.2) is 4.39 Å². The Balaban J connectivity index is 1.89. The van der Waals surface area contributed by atoms with E-state index in [4.69, 9.17) is 15.2 Å². The zero-order chi connectivity index (χ0) is 12.1. The molecule has 0 amide bonds. The number of benzene rings is 1. The summed E-state index contributed by atoms with van der Waals surface area (Å²) in [6.07, 6.45) is 1.97. The quantitative estimate of drug-likeness (QED) is 0.873. The van der Waals surface area contributed by atoms with Crippen LogP contribution < -0.4 is 5.73 Å². The van der Waals surface area contributed by atoms with Gasteiger partial charge < -0.3 is 15.2 Å². The fourth-order valence-electron chi connectivity index (χ4n) is 1.89. The van der Waals surface area contributed by atoms with Crippen molar-refractivity contribution in [1.29, 1.82) is 0 Å². The maximum atomic E-state index is 13.6. The van der Waals surface area contributed by atoms with Crippen molar-refractivity contribution < 1.29 is 13.9 Å². The van der Waals surface area contributed by atoms with Crippen molar-refractivity contribution in [2.75, 3.05) is 13.2 Å². The van der Waals surface area contributed by atoms with E-state index < -0.39 is 0 Å². The van der Waals surface area contributed by atoms with Gasteiger partial charge in [0.2, 0.25) is 0 Å². The van der Waals surface area contributed by atoms with Crippen LogP contribution in [0, 0.1) is 5.82 Å². The fraction of sp³-hybridized carbons (Fsp3) is 0.538. The zero-order valence-corrected chi connectivity index (χ0v) is 9.82. The van der Waals surface area contributed by atoms with E-state index in [1.807, 2.05) is 6.07 Å². The highest BCUT2D eigenvalue weighted by Crippen LogP contribution is 2.16. The Morgan fingerprint density at radius 3 is 2.76 bits per heavy atom. The molecule has 1 aliphatic rings. The van der Waals surface area contributed by atoms with Crippen LogP contribution in [0.25, 0.3) is 0 Å². The summed E-state index contributed by atoms with van der Waals surface area (Å²) in [5.74, 6) is -0.236. The second kappa shape index (κ2) is 6.10. The first-order chi connectivity index (χ1) is 8.29. The number of nitrogens with two attached hydrogens (primary N) is 1. The highest BCUT2D eigenvalue weighted by Gasteiger charge is 2.14. The molecule has 1 aliphatic heterocycles. The average molecular weight is 239 g/mol. The Kier molecular flexibility index (Phi) is 4.48. The van der Waals surface area contributed by atoms with E-state index in [0.717, 1.165) is 31.6 Å². The number of halogens is 1. The van der Waals surface area contributed by atoms with Crippen LogP contribution in [-0.2, 0) is 22.6 Å². The van der Waals surface area contributed by atoms with Crippen LogP contribution in [0.5, 0.6) is 0 Å². The first-order valence-electron chi connectivity index (χ1n) is 5.96. The van der Waals surface area contributed by atoms with Gasteiger partial charge in [0.05, 0.1) is 12.7 Å². The van der Waals surface area contributed by atoms with Gasteiger partial charge in [-0.1, -0.05) is 12.1 Å². The van der Waals surface area contributed by atoms with Gasteiger partial charge in [0.15, 0.2) is 0 Å². The van der Waals surface area contributed by atoms with Gasteiger partial charge >= 0.3 is 0 Å². The number of hydrogen-bond acceptors (Lipinski definition) is 3. The van der Waals surface area contributed by atoms with E-state index in [9.17, 15) is 4.39 Å². The first-order valence-corrected chi connectivity index (χ1v) is 5.96. The number of ether oxygens (including phenoxy) is 2. The van der Waals surface area contributed by atoms with E-state index >= 15 is 0 Å². The molecule has 1 aromatic rings. The average Bonchev–Trinajstić information content (AvgIpc) is 2.38. The van der Waals surface area contributed by atoms with Crippen LogP contribution in [0.15, 0.2) is 18.2 Å². The zero-order valence-electron chi connectivity index (χ0n) is 9.82. The third-order valence-electron chi connectivity index (χ3n) is 3.00. The summed E-state index contributed by atoms with van der Waals surface area (Å²) in [5.41, 5.74) is 6.84. The van der Waals surface area contributed by atoms with Gasteiger partial charge in [-0.3, -0.25) is 0 Å². The van der Waals surface area contributed by atoms with Gasteiger partial charge in [0.25, 0.3) is 0 Å². The molecule has 94 valence electrons. The fourth-order valence-corrected chi connectivity index (χ4v) is 1.89.